The number of nitrogens with zero attached hydrogens (tertiary/aromatic N) is 3. The molecule has 4 aromatic rings. The molecule has 0 aliphatic heterocycles. The van der Waals surface area contributed by atoms with Crippen LogP contribution in [-0.4, -0.2) is 28.7 Å². The zero-order chi connectivity index (χ0) is 19.3. The molecule has 0 amide bonds. The van der Waals surface area contributed by atoms with E-state index in [2.05, 4.69) is 20.3 Å². The van der Waals surface area contributed by atoms with E-state index in [4.69, 9.17) is 14.9 Å². The minimum absolute atomic E-state index is 0.155. The molecule has 0 aliphatic rings. The van der Waals surface area contributed by atoms with Gasteiger partial charge in [-0.2, -0.15) is 9.97 Å². The summed E-state index contributed by atoms with van der Waals surface area (Å²) in [6.07, 6.45) is 2.38. The number of fused-ring (bicyclic) bond motifs is 1. The maximum Gasteiger partial charge on any atom is 0.233 e. The number of nitrogens with two attached hydrogens (primary N) is 1. The van der Waals surface area contributed by atoms with Crippen LogP contribution in [0.5, 0.6) is 0 Å². The van der Waals surface area contributed by atoms with E-state index in [0.717, 1.165) is 28.0 Å². The van der Waals surface area contributed by atoms with E-state index >= 15 is 0 Å². The van der Waals surface area contributed by atoms with Gasteiger partial charge in [-0.05, 0) is 17.7 Å². The van der Waals surface area contributed by atoms with Crippen LogP contribution in [0.25, 0.3) is 22.2 Å². The van der Waals surface area contributed by atoms with Crippen LogP contribution in [-0.2, 0) is 17.7 Å². The Hall–Kier alpha value is -3.45. The number of methoxy groups -OCH3 is 1. The van der Waals surface area contributed by atoms with Gasteiger partial charge < -0.3 is 20.2 Å². The molecule has 3 N–H and O–H groups in total. The Morgan fingerprint density at radius 1 is 1.07 bits per heavy atom. The molecule has 0 atom stereocenters. The Kier molecular flexibility index (Phi) is 5.16. The Morgan fingerprint density at radius 3 is 2.64 bits per heavy atom. The van der Waals surface area contributed by atoms with Crippen molar-refractivity contribution in [2.75, 3.05) is 24.8 Å². The molecule has 3 heterocycles. The maximum atomic E-state index is 6.06. The summed E-state index contributed by atoms with van der Waals surface area (Å²) in [5, 5.41) is 4.15. The van der Waals surface area contributed by atoms with Crippen molar-refractivity contribution in [3.05, 3.63) is 66.2 Å². The SMILES string of the molecule is COCCc1oc2nc(N)nc(NCc3ccccn3)c2c1-c1ccccc1. The molecule has 0 saturated heterocycles. The first-order valence-corrected chi connectivity index (χ1v) is 9.03. The van der Waals surface area contributed by atoms with E-state index in [1.54, 1.807) is 13.3 Å². The highest BCUT2D eigenvalue weighted by atomic mass is 16.5. The second-order valence-electron chi connectivity index (χ2n) is 6.29. The van der Waals surface area contributed by atoms with E-state index in [0.29, 0.717) is 31.1 Å². The first kappa shape index (κ1) is 17.9. The Labute approximate surface area is 162 Å². The fourth-order valence-electron chi connectivity index (χ4n) is 3.15. The zero-order valence-corrected chi connectivity index (χ0v) is 15.6. The van der Waals surface area contributed by atoms with Crippen LogP contribution in [0.3, 0.4) is 0 Å². The topological polar surface area (TPSA) is 99.1 Å². The second-order valence-corrected chi connectivity index (χ2v) is 6.29. The monoisotopic (exact) mass is 375 g/mol. The van der Waals surface area contributed by atoms with Gasteiger partial charge in [-0.1, -0.05) is 36.4 Å². The number of anilines is 2. The highest BCUT2D eigenvalue weighted by molar-refractivity contribution is 6.01. The molecular formula is C21H21N5O2. The predicted octanol–water partition coefficient (Wildman–Crippen LogP) is 3.67. The van der Waals surface area contributed by atoms with Crippen molar-refractivity contribution in [2.24, 2.45) is 0 Å². The molecule has 0 radical (unpaired) electrons. The summed E-state index contributed by atoms with van der Waals surface area (Å²) in [6.45, 7) is 1.05. The summed E-state index contributed by atoms with van der Waals surface area (Å²) >= 11 is 0. The van der Waals surface area contributed by atoms with Gasteiger partial charge in [0, 0.05) is 25.3 Å². The zero-order valence-electron chi connectivity index (χ0n) is 15.6. The molecule has 0 spiro atoms. The first-order chi connectivity index (χ1) is 13.8. The number of hydrogen-bond acceptors (Lipinski definition) is 7. The van der Waals surface area contributed by atoms with Crippen LogP contribution in [0.4, 0.5) is 11.8 Å². The van der Waals surface area contributed by atoms with Crippen LogP contribution in [0.15, 0.2) is 59.1 Å². The van der Waals surface area contributed by atoms with Gasteiger partial charge in [0.05, 0.1) is 24.2 Å². The summed E-state index contributed by atoms with van der Waals surface area (Å²) in [4.78, 5) is 13.1. The van der Waals surface area contributed by atoms with Gasteiger partial charge in [0.15, 0.2) is 0 Å². The average Bonchev–Trinajstić information content (AvgIpc) is 3.10. The first-order valence-electron chi connectivity index (χ1n) is 9.03. The number of nitrogen functional groups attached to an aromatic ring is 1. The third kappa shape index (κ3) is 3.65. The van der Waals surface area contributed by atoms with Crippen LogP contribution >= 0.6 is 0 Å². The van der Waals surface area contributed by atoms with Gasteiger partial charge in [0.1, 0.15) is 11.6 Å². The van der Waals surface area contributed by atoms with Gasteiger partial charge in [-0.15, -0.1) is 0 Å². The van der Waals surface area contributed by atoms with Crippen molar-refractivity contribution in [1.82, 2.24) is 15.0 Å². The number of furan rings is 1. The summed E-state index contributed by atoms with van der Waals surface area (Å²) < 4.78 is 11.3. The minimum atomic E-state index is 0.155. The van der Waals surface area contributed by atoms with Crippen LogP contribution in [0.2, 0.25) is 0 Å². The fourth-order valence-corrected chi connectivity index (χ4v) is 3.15. The third-order valence-electron chi connectivity index (χ3n) is 4.40. The van der Waals surface area contributed by atoms with E-state index in [1.807, 2.05) is 48.5 Å². The molecule has 0 saturated carbocycles. The summed E-state index contributed by atoms with van der Waals surface area (Å²) in [5.41, 5.74) is 9.27. The molecule has 142 valence electrons. The highest BCUT2D eigenvalue weighted by Gasteiger charge is 2.21. The van der Waals surface area contributed by atoms with E-state index in [-0.39, 0.29) is 5.95 Å². The Bertz CT molecular complexity index is 1060. The average molecular weight is 375 g/mol. The molecule has 0 aliphatic carbocycles. The largest absolute Gasteiger partial charge is 0.442 e. The van der Waals surface area contributed by atoms with Crippen molar-refractivity contribution >= 4 is 22.9 Å². The molecule has 1 aromatic carbocycles. The van der Waals surface area contributed by atoms with Gasteiger partial charge in [-0.25, -0.2) is 0 Å². The van der Waals surface area contributed by atoms with Crippen molar-refractivity contribution in [3.8, 4) is 11.1 Å². The van der Waals surface area contributed by atoms with E-state index < -0.39 is 0 Å². The summed E-state index contributed by atoms with van der Waals surface area (Å²) in [7, 11) is 1.67. The van der Waals surface area contributed by atoms with Crippen LogP contribution in [0, 0.1) is 0 Å². The van der Waals surface area contributed by atoms with Crippen LogP contribution in [0.1, 0.15) is 11.5 Å². The lowest BCUT2D eigenvalue weighted by molar-refractivity contribution is 0.197. The van der Waals surface area contributed by atoms with Gasteiger partial charge in [-0.3, -0.25) is 4.98 Å². The molecular weight excluding hydrogens is 354 g/mol. The molecule has 3 aromatic heterocycles. The van der Waals surface area contributed by atoms with Crippen molar-refractivity contribution in [1.29, 1.82) is 0 Å². The lowest BCUT2D eigenvalue weighted by atomic mass is 10.0. The highest BCUT2D eigenvalue weighted by Crippen LogP contribution is 2.38. The summed E-state index contributed by atoms with van der Waals surface area (Å²) in [6, 6.07) is 15.8. The number of hydrogen-bond donors (Lipinski definition) is 2. The second kappa shape index (κ2) is 8.06. The van der Waals surface area contributed by atoms with Gasteiger partial charge in [0.25, 0.3) is 0 Å². The number of nitrogens with one attached hydrogen (secondary N) is 1. The Morgan fingerprint density at radius 2 is 1.89 bits per heavy atom. The van der Waals surface area contributed by atoms with Gasteiger partial charge in [0.2, 0.25) is 11.7 Å². The maximum absolute atomic E-state index is 6.06. The van der Waals surface area contributed by atoms with Crippen molar-refractivity contribution < 1.29 is 9.15 Å². The lowest BCUT2D eigenvalue weighted by Gasteiger charge is -2.09. The molecule has 0 fully saturated rings. The summed E-state index contributed by atoms with van der Waals surface area (Å²) in [5.74, 6) is 1.57. The number of ether oxygens (including phenoxy) is 1. The smallest absolute Gasteiger partial charge is 0.233 e. The lowest BCUT2D eigenvalue weighted by Crippen LogP contribution is -2.06. The van der Waals surface area contributed by atoms with Crippen molar-refractivity contribution in [2.45, 2.75) is 13.0 Å². The van der Waals surface area contributed by atoms with E-state index in [9.17, 15) is 0 Å². The molecule has 7 heteroatoms. The molecule has 0 unspecified atom stereocenters. The van der Waals surface area contributed by atoms with E-state index in [1.165, 1.54) is 0 Å². The predicted molar refractivity (Wildman–Crippen MR) is 109 cm³/mol. The molecule has 7 nitrogen and oxygen atoms in total. The molecule has 0 bridgehead atoms. The number of rotatable bonds is 7. The number of benzene rings is 1. The number of pyridine rings is 1. The van der Waals surface area contributed by atoms with Crippen molar-refractivity contribution in [3.63, 3.8) is 0 Å². The fraction of sp³-hybridized carbons (Fsp3) is 0.190. The minimum Gasteiger partial charge on any atom is -0.442 e. The molecule has 28 heavy (non-hydrogen) atoms. The standard InChI is InChI=1S/C21H21N5O2/c1-27-12-10-16-17(14-7-3-2-4-8-14)18-19(25-21(22)26-20(18)28-16)24-13-15-9-5-6-11-23-15/h2-9,11H,10,12-13H2,1H3,(H3,22,24,25,26). The third-order valence-corrected chi connectivity index (χ3v) is 4.40. The number of aromatic nitrogens is 3. The molecule has 4 rings (SSSR count). The van der Waals surface area contributed by atoms with Crippen LogP contribution < -0.4 is 11.1 Å². The Balaban J connectivity index is 1.83. The quantitative estimate of drug-likeness (QED) is 0.508. The van der Waals surface area contributed by atoms with Gasteiger partial charge >= 0.3 is 0 Å². The normalized spacial score (nSPS) is 11.0.